The van der Waals surface area contributed by atoms with Crippen LogP contribution in [0.3, 0.4) is 0 Å². The second-order valence-corrected chi connectivity index (χ2v) is 6.03. The minimum absolute atomic E-state index is 0.186. The molecule has 0 bridgehead atoms. The van der Waals surface area contributed by atoms with Crippen LogP contribution < -0.4 is 11.1 Å². The van der Waals surface area contributed by atoms with Crippen LogP contribution in [0.4, 0.5) is 15.8 Å². The lowest BCUT2D eigenvalue weighted by Crippen LogP contribution is -2.30. The molecule has 2 rings (SSSR count). The molecule has 2 nitrogen and oxygen atoms in total. The first-order valence-electron chi connectivity index (χ1n) is 6.78. The third kappa shape index (κ3) is 2.77. The van der Waals surface area contributed by atoms with Gasteiger partial charge in [-0.1, -0.05) is 32.8 Å². The number of halogens is 1. The molecule has 0 unspecified atom stereocenters. The van der Waals surface area contributed by atoms with Crippen LogP contribution in [0.25, 0.3) is 0 Å². The number of para-hydroxylation sites is 1. The first-order chi connectivity index (χ1) is 8.50. The normalized spacial score (nSPS) is 17.1. The van der Waals surface area contributed by atoms with E-state index in [1.165, 1.54) is 31.7 Å². The quantitative estimate of drug-likeness (QED) is 0.792. The van der Waals surface area contributed by atoms with Gasteiger partial charge in [-0.05, 0) is 36.3 Å². The molecule has 0 aromatic heterocycles. The second-order valence-electron chi connectivity index (χ2n) is 6.03. The van der Waals surface area contributed by atoms with Crippen molar-refractivity contribution in [1.82, 2.24) is 0 Å². The Morgan fingerprint density at radius 3 is 2.61 bits per heavy atom. The maximum Gasteiger partial charge on any atom is 0.148 e. The van der Waals surface area contributed by atoms with Crippen LogP contribution in [-0.4, -0.2) is 6.54 Å². The number of nitrogens with one attached hydrogen (secondary N) is 1. The summed E-state index contributed by atoms with van der Waals surface area (Å²) in [4.78, 5) is 0. The van der Waals surface area contributed by atoms with Crippen LogP contribution in [-0.2, 0) is 0 Å². The first-order valence-corrected chi connectivity index (χ1v) is 6.78. The highest BCUT2D eigenvalue weighted by Crippen LogP contribution is 2.39. The fraction of sp³-hybridized carbons (Fsp3) is 0.600. The summed E-state index contributed by atoms with van der Waals surface area (Å²) in [5.41, 5.74) is 6.92. The van der Waals surface area contributed by atoms with Crippen LogP contribution >= 0.6 is 0 Å². The molecule has 0 spiro atoms. The molecule has 1 aliphatic carbocycles. The van der Waals surface area contributed by atoms with Gasteiger partial charge in [-0.3, -0.25) is 0 Å². The highest BCUT2D eigenvalue weighted by Gasteiger charge is 2.31. The molecule has 0 heterocycles. The second kappa shape index (κ2) is 5.17. The maximum atomic E-state index is 13.7. The van der Waals surface area contributed by atoms with Gasteiger partial charge in [-0.2, -0.15) is 0 Å². The molecule has 0 radical (unpaired) electrons. The van der Waals surface area contributed by atoms with Gasteiger partial charge in [0.2, 0.25) is 0 Å². The van der Waals surface area contributed by atoms with Gasteiger partial charge in [-0.15, -0.1) is 0 Å². The third-order valence-electron chi connectivity index (χ3n) is 4.23. The number of nitrogens with two attached hydrogens (primary N) is 1. The predicted octanol–water partition coefficient (Wildman–Crippen LogP) is 4.04. The summed E-state index contributed by atoms with van der Waals surface area (Å²) in [5, 5.41) is 3.20. The van der Waals surface area contributed by atoms with E-state index in [0.717, 1.165) is 12.5 Å². The van der Waals surface area contributed by atoms with Crippen molar-refractivity contribution in [3.63, 3.8) is 0 Å². The number of nitrogen functional groups attached to an aromatic ring is 1. The molecule has 1 aliphatic rings. The Morgan fingerprint density at radius 2 is 2.00 bits per heavy atom. The molecule has 18 heavy (non-hydrogen) atoms. The van der Waals surface area contributed by atoms with Crippen LogP contribution in [0, 0.1) is 17.2 Å². The molecule has 0 saturated heterocycles. The molecule has 3 heteroatoms. The molecular formula is C15H23FN2. The highest BCUT2D eigenvalue weighted by atomic mass is 19.1. The van der Waals surface area contributed by atoms with E-state index in [9.17, 15) is 4.39 Å². The Bertz CT molecular complexity index is 389. The van der Waals surface area contributed by atoms with E-state index >= 15 is 0 Å². The minimum atomic E-state index is -0.266. The lowest BCUT2D eigenvalue weighted by Gasteiger charge is -2.32. The minimum Gasteiger partial charge on any atom is -0.397 e. The van der Waals surface area contributed by atoms with Crippen LogP contribution in [0.1, 0.15) is 39.5 Å². The summed E-state index contributed by atoms with van der Waals surface area (Å²) in [5.74, 6) is 0.468. The molecule has 0 amide bonds. The Balaban J connectivity index is 2.02. The monoisotopic (exact) mass is 250 g/mol. The van der Waals surface area contributed by atoms with E-state index in [1.807, 2.05) is 0 Å². The SMILES string of the molecule is CC(C)(CNc1c(N)cccc1F)C1CCCC1. The van der Waals surface area contributed by atoms with Gasteiger partial charge in [0.05, 0.1) is 11.4 Å². The average Bonchev–Trinajstić information content (AvgIpc) is 2.82. The van der Waals surface area contributed by atoms with Gasteiger partial charge < -0.3 is 11.1 Å². The number of hydrogen-bond acceptors (Lipinski definition) is 2. The van der Waals surface area contributed by atoms with Crippen molar-refractivity contribution in [2.45, 2.75) is 39.5 Å². The van der Waals surface area contributed by atoms with Gasteiger partial charge in [-0.25, -0.2) is 4.39 Å². The van der Waals surface area contributed by atoms with Gasteiger partial charge in [0, 0.05) is 6.54 Å². The zero-order valence-corrected chi connectivity index (χ0v) is 11.3. The molecule has 3 N–H and O–H groups in total. The van der Waals surface area contributed by atoms with Crippen molar-refractivity contribution in [2.24, 2.45) is 11.3 Å². The number of hydrogen-bond donors (Lipinski definition) is 2. The molecule has 1 saturated carbocycles. The van der Waals surface area contributed by atoms with Crippen molar-refractivity contribution in [2.75, 3.05) is 17.6 Å². The summed E-state index contributed by atoms with van der Waals surface area (Å²) in [6, 6.07) is 4.81. The zero-order chi connectivity index (χ0) is 13.2. The van der Waals surface area contributed by atoms with E-state index in [1.54, 1.807) is 12.1 Å². The Kier molecular flexibility index (Phi) is 3.79. The lowest BCUT2D eigenvalue weighted by molar-refractivity contribution is 0.234. The molecule has 1 aromatic rings. The molecule has 100 valence electrons. The fourth-order valence-corrected chi connectivity index (χ4v) is 2.90. The van der Waals surface area contributed by atoms with Crippen molar-refractivity contribution in [3.05, 3.63) is 24.0 Å². The molecule has 1 aromatic carbocycles. The zero-order valence-electron chi connectivity index (χ0n) is 11.3. The van der Waals surface area contributed by atoms with Gasteiger partial charge in [0.15, 0.2) is 0 Å². The lowest BCUT2D eigenvalue weighted by atomic mass is 9.77. The number of anilines is 2. The van der Waals surface area contributed by atoms with Crippen molar-refractivity contribution >= 4 is 11.4 Å². The summed E-state index contributed by atoms with van der Waals surface area (Å²) in [6.07, 6.45) is 5.24. The third-order valence-corrected chi connectivity index (χ3v) is 4.23. The van der Waals surface area contributed by atoms with Crippen LogP contribution in [0.15, 0.2) is 18.2 Å². The van der Waals surface area contributed by atoms with Crippen molar-refractivity contribution in [1.29, 1.82) is 0 Å². The van der Waals surface area contributed by atoms with Gasteiger partial charge >= 0.3 is 0 Å². The van der Waals surface area contributed by atoms with E-state index in [-0.39, 0.29) is 11.2 Å². The highest BCUT2D eigenvalue weighted by molar-refractivity contribution is 5.66. The van der Waals surface area contributed by atoms with Crippen molar-refractivity contribution < 1.29 is 4.39 Å². The summed E-state index contributed by atoms with van der Waals surface area (Å²) in [7, 11) is 0. The van der Waals surface area contributed by atoms with Gasteiger partial charge in [0.1, 0.15) is 5.82 Å². The summed E-state index contributed by atoms with van der Waals surface area (Å²) < 4.78 is 13.7. The number of benzene rings is 1. The molecular weight excluding hydrogens is 227 g/mol. The molecule has 1 fully saturated rings. The predicted molar refractivity (Wildman–Crippen MR) is 75.0 cm³/mol. The Hall–Kier alpha value is -1.25. The van der Waals surface area contributed by atoms with E-state index in [4.69, 9.17) is 5.73 Å². The average molecular weight is 250 g/mol. The maximum absolute atomic E-state index is 13.7. The van der Waals surface area contributed by atoms with Crippen LogP contribution in [0.5, 0.6) is 0 Å². The smallest absolute Gasteiger partial charge is 0.148 e. The largest absolute Gasteiger partial charge is 0.397 e. The molecule has 0 aliphatic heterocycles. The summed E-state index contributed by atoms with van der Waals surface area (Å²) in [6.45, 7) is 5.28. The van der Waals surface area contributed by atoms with Crippen molar-refractivity contribution in [3.8, 4) is 0 Å². The summed E-state index contributed by atoms with van der Waals surface area (Å²) >= 11 is 0. The standard InChI is InChI=1S/C15H23FN2/c1-15(2,11-6-3-4-7-11)10-18-14-12(16)8-5-9-13(14)17/h5,8-9,11,18H,3-4,6-7,10,17H2,1-2H3. The van der Waals surface area contributed by atoms with E-state index < -0.39 is 0 Å². The molecule has 0 atom stereocenters. The number of rotatable bonds is 4. The van der Waals surface area contributed by atoms with Gasteiger partial charge in [0.25, 0.3) is 0 Å². The van der Waals surface area contributed by atoms with E-state index in [0.29, 0.717) is 11.4 Å². The Labute approximate surface area is 109 Å². The fourth-order valence-electron chi connectivity index (χ4n) is 2.90. The first kappa shape index (κ1) is 13.2. The topological polar surface area (TPSA) is 38.0 Å². The Morgan fingerprint density at radius 1 is 1.33 bits per heavy atom. The van der Waals surface area contributed by atoms with E-state index in [2.05, 4.69) is 19.2 Å². The van der Waals surface area contributed by atoms with Crippen LogP contribution in [0.2, 0.25) is 0 Å².